The minimum Gasteiger partial charge on any atom is -0.457 e. The summed E-state index contributed by atoms with van der Waals surface area (Å²) in [5, 5.41) is 7.37. The lowest BCUT2D eigenvalue weighted by molar-refractivity contribution is -0.114. The normalized spacial score (nSPS) is 10.2. The van der Waals surface area contributed by atoms with E-state index in [0.717, 1.165) is 17.1 Å². The van der Waals surface area contributed by atoms with Crippen LogP contribution in [-0.4, -0.2) is 16.8 Å². The highest BCUT2D eigenvalue weighted by atomic mass is 32.1. The molecule has 0 unspecified atom stereocenters. The van der Waals surface area contributed by atoms with Gasteiger partial charge in [0, 0.05) is 18.8 Å². The van der Waals surface area contributed by atoms with Gasteiger partial charge in [-0.15, -0.1) is 11.3 Å². The van der Waals surface area contributed by atoms with E-state index in [1.807, 2.05) is 54.6 Å². The van der Waals surface area contributed by atoms with Crippen molar-refractivity contribution in [3.8, 4) is 11.5 Å². The Morgan fingerprint density at radius 3 is 2.42 bits per heavy atom. The van der Waals surface area contributed by atoms with Gasteiger partial charge < -0.3 is 15.4 Å². The van der Waals surface area contributed by atoms with Gasteiger partial charge in [0.1, 0.15) is 17.2 Å². The van der Waals surface area contributed by atoms with E-state index in [9.17, 15) is 9.59 Å². The fraction of sp³-hybridized carbons (Fsp3) is 0.105. The summed E-state index contributed by atoms with van der Waals surface area (Å²) in [4.78, 5) is 27.2. The van der Waals surface area contributed by atoms with Crippen molar-refractivity contribution in [3.05, 3.63) is 71.2 Å². The van der Waals surface area contributed by atoms with Gasteiger partial charge in [-0.1, -0.05) is 30.3 Å². The third-order valence-corrected chi connectivity index (χ3v) is 4.13. The second-order valence-corrected chi connectivity index (χ2v) is 6.32. The zero-order valence-corrected chi connectivity index (χ0v) is 14.9. The van der Waals surface area contributed by atoms with Crippen LogP contribution in [0.25, 0.3) is 0 Å². The van der Waals surface area contributed by atoms with E-state index < -0.39 is 0 Å². The monoisotopic (exact) mass is 367 g/mol. The summed E-state index contributed by atoms with van der Waals surface area (Å²) in [7, 11) is 0. The minimum absolute atomic E-state index is 0.218. The van der Waals surface area contributed by atoms with Gasteiger partial charge in [0.2, 0.25) is 5.91 Å². The molecule has 2 amide bonds. The molecular formula is C19H17N3O3S. The van der Waals surface area contributed by atoms with Gasteiger partial charge in [-0.3, -0.25) is 9.59 Å². The standard InChI is InChI=1S/C19H17N3O3S/c1-13(23)21-19-22-17(12-26-19)18(24)20-11-14-7-9-16(10-8-14)25-15-5-3-2-4-6-15/h2-10,12H,11H2,1H3,(H,20,24)(H,21,22,23). The molecule has 0 aliphatic carbocycles. The topological polar surface area (TPSA) is 80.3 Å². The van der Waals surface area contributed by atoms with Gasteiger partial charge in [0.15, 0.2) is 5.13 Å². The summed E-state index contributed by atoms with van der Waals surface area (Å²) in [6, 6.07) is 17.0. The first kappa shape index (κ1) is 17.6. The number of hydrogen-bond donors (Lipinski definition) is 2. The molecule has 0 aliphatic rings. The van der Waals surface area contributed by atoms with Crippen LogP contribution in [0.3, 0.4) is 0 Å². The molecule has 0 atom stereocenters. The Labute approximate surface area is 154 Å². The minimum atomic E-state index is -0.289. The van der Waals surface area contributed by atoms with Gasteiger partial charge in [-0.25, -0.2) is 4.98 Å². The van der Waals surface area contributed by atoms with Crippen LogP contribution in [0, 0.1) is 0 Å². The molecule has 3 rings (SSSR count). The van der Waals surface area contributed by atoms with Crippen LogP contribution in [0.15, 0.2) is 60.0 Å². The molecule has 7 heteroatoms. The molecule has 3 aromatic rings. The van der Waals surface area contributed by atoms with E-state index in [4.69, 9.17) is 4.74 Å². The van der Waals surface area contributed by atoms with Crippen molar-refractivity contribution in [1.29, 1.82) is 0 Å². The number of amides is 2. The molecule has 0 saturated heterocycles. The van der Waals surface area contributed by atoms with E-state index in [1.54, 1.807) is 5.38 Å². The molecule has 2 N–H and O–H groups in total. The predicted octanol–water partition coefficient (Wildman–Crippen LogP) is 3.82. The van der Waals surface area contributed by atoms with Crippen LogP contribution in [0.4, 0.5) is 5.13 Å². The zero-order valence-electron chi connectivity index (χ0n) is 14.1. The number of hydrogen-bond acceptors (Lipinski definition) is 5. The molecule has 0 saturated carbocycles. The smallest absolute Gasteiger partial charge is 0.271 e. The number of thiazole rings is 1. The summed E-state index contributed by atoms with van der Waals surface area (Å²) in [5.41, 5.74) is 1.22. The van der Waals surface area contributed by atoms with Crippen LogP contribution in [0.1, 0.15) is 23.0 Å². The number of rotatable bonds is 6. The first-order valence-electron chi connectivity index (χ1n) is 7.93. The number of aromatic nitrogens is 1. The highest BCUT2D eigenvalue weighted by Gasteiger charge is 2.11. The van der Waals surface area contributed by atoms with Crippen LogP contribution >= 0.6 is 11.3 Å². The number of anilines is 1. The molecule has 0 fully saturated rings. The molecule has 0 radical (unpaired) electrons. The molecule has 0 aliphatic heterocycles. The molecule has 1 heterocycles. The van der Waals surface area contributed by atoms with E-state index in [0.29, 0.717) is 11.7 Å². The largest absolute Gasteiger partial charge is 0.457 e. The Morgan fingerprint density at radius 1 is 1.04 bits per heavy atom. The van der Waals surface area contributed by atoms with Crippen LogP contribution in [0.2, 0.25) is 0 Å². The lowest BCUT2D eigenvalue weighted by atomic mass is 10.2. The van der Waals surface area contributed by atoms with E-state index >= 15 is 0 Å². The number of nitrogens with one attached hydrogen (secondary N) is 2. The van der Waals surface area contributed by atoms with E-state index in [2.05, 4.69) is 15.6 Å². The molecular weight excluding hydrogens is 350 g/mol. The molecule has 6 nitrogen and oxygen atoms in total. The van der Waals surface area contributed by atoms with Gasteiger partial charge in [-0.05, 0) is 29.8 Å². The molecule has 0 spiro atoms. The predicted molar refractivity (Wildman–Crippen MR) is 101 cm³/mol. The molecule has 132 valence electrons. The number of carbonyl (C=O) groups is 2. The SMILES string of the molecule is CC(=O)Nc1nc(C(=O)NCc2ccc(Oc3ccccc3)cc2)cs1. The van der Waals surface area contributed by atoms with Gasteiger partial charge in [-0.2, -0.15) is 0 Å². The Morgan fingerprint density at radius 2 is 1.73 bits per heavy atom. The second-order valence-electron chi connectivity index (χ2n) is 5.46. The van der Waals surface area contributed by atoms with E-state index in [1.165, 1.54) is 18.3 Å². The Balaban J connectivity index is 1.53. The van der Waals surface area contributed by atoms with Gasteiger partial charge in [0.05, 0.1) is 0 Å². The first-order chi connectivity index (χ1) is 12.6. The lowest BCUT2D eigenvalue weighted by Gasteiger charge is -2.07. The van der Waals surface area contributed by atoms with Crippen molar-refractivity contribution in [3.63, 3.8) is 0 Å². The summed E-state index contributed by atoms with van der Waals surface area (Å²) in [6.07, 6.45) is 0. The fourth-order valence-corrected chi connectivity index (χ4v) is 2.90. The summed E-state index contributed by atoms with van der Waals surface area (Å²) < 4.78 is 5.73. The average Bonchev–Trinajstić information content (AvgIpc) is 3.09. The number of carbonyl (C=O) groups excluding carboxylic acids is 2. The van der Waals surface area contributed by atoms with Crippen molar-refractivity contribution < 1.29 is 14.3 Å². The average molecular weight is 367 g/mol. The van der Waals surface area contributed by atoms with Crippen molar-refractivity contribution >= 4 is 28.3 Å². The molecule has 1 aromatic heterocycles. The molecule has 26 heavy (non-hydrogen) atoms. The summed E-state index contributed by atoms with van der Waals surface area (Å²) in [6.45, 7) is 1.77. The Hall–Kier alpha value is -3.19. The third kappa shape index (κ3) is 4.90. The second kappa shape index (κ2) is 8.26. The Bertz CT molecular complexity index is 892. The molecule has 0 bridgehead atoms. The van der Waals surface area contributed by atoms with Crippen LogP contribution in [-0.2, 0) is 11.3 Å². The van der Waals surface area contributed by atoms with Crippen LogP contribution < -0.4 is 15.4 Å². The van der Waals surface area contributed by atoms with Crippen molar-refractivity contribution in [2.45, 2.75) is 13.5 Å². The lowest BCUT2D eigenvalue weighted by Crippen LogP contribution is -2.23. The highest BCUT2D eigenvalue weighted by Crippen LogP contribution is 2.21. The molecule has 2 aromatic carbocycles. The van der Waals surface area contributed by atoms with E-state index in [-0.39, 0.29) is 17.5 Å². The van der Waals surface area contributed by atoms with Crippen molar-refractivity contribution in [2.75, 3.05) is 5.32 Å². The van der Waals surface area contributed by atoms with Gasteiger partial charge in [0.25, 0.3) is 5.91 Å². The third-order valence-electron chi connectivity index (χ3n) is 3.38. The van der Waals surface area contributed by atoms with Gasteiger partial charge >= 0.3 is 0 Å². The maximum Gasteiger partial charge on any atom is 0.271 e. The number of nitrogens with zero attached hydrogens (tertiary/aromatic N) is 1. The quantitative estimate of drug-likeness (QED) is 0.694. The van der Waals surface area contributed by atoms with Crippen molar-refractivity contribution in [1.82, 2.24) is 10.3 Å². The summed E-state index contributed by atoms with van der Waals surface area (Å²) in [5.74, 6) is 0.990. The maximum absolute atomic E-state index is 12.1. The van der Waals surface area contributed by atoms with Crippen molar-refractivity contribution in [2.24, 2.45) is 0 Å². The maximum atomic E-state index is 12.1. The number of para-hydroxylation sites is 1. The fourth-order valence-electron chi connectivity index (χ4n) is 2.16. The first-order valence-corrected chi connectivity index (χ1v) is 8.81. The Kier molecular flexibility index (Phi) is 5.60. The van der Waals surface area contributed by atoms with Crippen LogP contribution in [0.5, 0.6) is 11.5 Å². The highest BCUT2D eigenvalue weighted by molar-refractivity contribution is 7.14. The summed E-state index contributed by atoms with van der Waals surface area (Å²) >= 11 is 1.21. The number of ether oxygens (including phenoxy) is 1. The number of benzene rings is 2. The zero-order chi connectivity index (χ0) is 18.4.